The topological polar surface area (TPSA) is 20.2 Å². The maximum atomic E-state index is 9.15. The van der Waals surface area contributed by atoms with E-state index < -0.39 is 0 Å². The molecule has 0 saturated carbocycles. The molecule has 0 aromatic carbocycles. The first-order valence-corrected chi connectivity index (χ1v) is 4.86. The SMILES string of the molecule is C=CC(C)(CO)CC(CC)CC. The van der Waals surface area contributed by atoms with E-state index in [9.17, 15) is 0 Å². The summed E-state index contributed by atoms with van der Waals surface area (Å²) in [5.74, 6) is 0.722. The molecule has 0 fully saturated rings. The lowest BCUT2D eigenvalue weighted by molar-refractivity contribution is 0.153. The van der Waals surface area contributed by atoms with Crippen molar-refractivity contribution in [3.05, 3.63) is 12.7 Å². The molecule has 1 N–H and O–H groups in total. The fourth-order valence-corrected chi connectivity index (χ4v) is 1.45. The van der Waals surface area contributed by atoms with Gasteiger partial charge in [-0.05, 0) is 12.3 Å². The second-order valence-corrected chi connectivity index (χ2v) is 3.90. The van der Waals surface area contributed by atoms with Gasteiger partial charge in [0.05, 0.1) is 6.61 Å². The van der Waals surface area contributed by atoms with Gasteiger partial charge in [0.2, 0.25) is 0 Å². The van der Waals surface area contributed by atoms with Crippen molar-refractivity contribution >= 4 is 0 Å². The molecule has 0 spiro atoms. The molecule has 0 saturated heterocycles. The third kappa shape index (κ3) is 3.40. The van der Waals surface area contributed by atoms with E-state index in [0.717, 1.165) is 12.3 Å². The highest BCUT2D eigenvalue weighted by Gasteiger charge is 2.22. The fourth-order valence-electron chi connectivity index (χ4n) is 1.45. The molecule has 0 aliphatic carbocycles. The highest BCUT2D eigenvalue weighted by Crippen LogP contribution is 2.29. The fraction of sp³-hybridized carbons (Fsp3) is 0.818. The molecule has 0 aromatic rings. The Hall–Kier alpha value is -0.300. The zero-order valence-corrected chi connectivity index (χ0v) is 8.64. The predicted octanol–water partition coefficient (Wildman–Crippen LogP) is 3.00. The summed E-state index contributed by atoms with van der Waals surface area (Å²) in [4.78, 5) is 0. The van der Waals surface area contributed by atoms with Crippen molar-refractivity contribution in [1.29, 1.82) is 0 Å². The van der Waals surface area contributed by atoms with Crippen molar-refractivity contribution in [3.8, 4) is 0 Å². The van der Waals surface area contributed by atoms with Crippen molar-refractivity contribution in [2.75, 3.05) is 6.61 Å². The molecule has 0 rings (SSSR count). The second kappa shape index (κ2) is 5.36. The summed E-state index contributed by atoms with van der Waals surface area (Å²) < 4.78 is 0. The molecule has 12 heavy (non-hydrogen) atoms. The Kier molecular flexibility index (Phi) is 5.23. The van der Waals surface area contributed by atoms with E-state index in [0.29, 0.717) is 0 Å². The van der Waals surface area contributed by atoms with Crippen molar-refractivity contribution in [2.45, 2.75) is 40.0 Å². The minimum Gasteiger partial charge on any atom is -0.395 e. The summed E-state index contributed by atoms with van der Waals surface area (Å²) in [6.45, 7) is 10.5. The Bertz CT molecular complexity index is 127. The van der Waals surface area contributed by atoms with Gasteiger partial charge in [0, 0.05) is 5.41 Å². The normalized spacial score (nSPS) is 16.1. The Morgan fingerprint density at radius 3 is 2.17 bits per heavy atom. The first kappa shape index (κ1) is 11.7. The standard InChI is InChI=1S/C11H22O/c1-5-10(6-2)8-11(4,7-3)9-12/h7,10,12H,3,5-6,8-9H2,1-2,4H3. The van der Waals surface area contributed by atoms with Crippen molar-refractivity contribution in [3.63, 3.8) is 0 Å². The van der Waals surface area contributed by atoms with Gasteiger partial charge in [0.1, 0.15) is 0 Å². The number of hydrogen-bond acceptors (Lipinski definition) is 1. The summed E-state index contributed by atoms with van der Waals surface area (Å²) in [7, 11) is 0. The smallest absolute Gasteiger partial charge is 0.0519 e. The quantitative estimate of drug-likeness (QED) is 0.608. The summed E-state index contributed by atoms with van der Waals surface area (Å²) in [5.41, 5.74) is -0.0727. The van der Waals surface area contributed by atoms with Crippen LogP contribution in [-0.2, 0) is 0 Å². The van der Waals surface area contributed by atoms with E-state index in [1.165, 1.54) is 12.8 Å². The Morgan fingerprint density at radius 1 is 1.42 bits per heavy atom. The van der Waals surface area contributed by atoms with Gasteiger partial charge in [-0.15, -0.1) is 6.58 Å². The molecule has 1 atom stereocenters. The summed E-state index contributed by atoms with van der Waals surface area (Å²) in [5, 5.41) is 9.15. The molecule has 0 aromatic heterocycles. The molecule has 1 nitrogen and oxygen atoms in total. The van der Waals surface area contributed by atoms with E-state index in [1.807, 2.05) is 6.08 Å². The van der Waals surface area contributed by atoms with E-state index in [4.69, 9.17) is 5.11 Å². The van der Waals surface area contributed by atoms with Crippen molar-refractivity contribution in [1.82, 2.24) is 0 Å². The van der Waals surface area contributed by atoms with Crippen LogP contribution >= 0.6 is 0 Å². The van der Waals surface area contributed by atoms with Crippen LogP contribution in [0.4, 0.5) is 0 Å². The van der Waals surface area contributed by atoms with Gasteiger partial charge in [-0.1, -0.05) is 39.7 Å². The van der Waals surface area contributed by atoms with Crippen LogP contribution in [0.2, 0.25) is 0 Å². The molecular weight excluding hydrogens is 148 g/mol. The van der Waals surface area contributed by atoms with Crippen LogP contribution in [0.1, 0.15) is 40.0 Å². The molecule has 0 aliphatic rings. The molecule has 72 valence electrons. The van der Waals surface area contributed by atoms with Crippen molar-refractivity contribution in [2.24, 2.45) is 11.3 Å². The lowest BCUT2D eigenvalue weighted by Gasteiger charge is -2.27. The second-order valence-electron chi connectivity index (χ2n) is 3.90. The summed E-state index contributed by atoms with van der Waals surface area (Å²) in [6.07, 6.45) is 5.32. The van der Waals surface area contributed by atoms with Gasteiger partial charge in [-0.3, -0.25) is 0 Å². The average molecular weight is 170 g/mol. The first-order valence-electron chi connectivity index (χ1n) is 4.86. The largest absolute Gasteiger partial charge is 0.395 e. The summed E-state index contributed by atoms with van der Waals surface area (Å²) >= 11 is 0. The van der Waals surface area contributed by atoms with Crippen LogP contribution < -0.4 is 0 Å². The molecule has 0 heterocycles. The highest BCUT2D eigenvalue weighted by molar-refractivity contribution is 4.92. The maximum absolute atomic E-state index is 9.15. The van der Waals surface area contributed by atoms with Crippen LogP contribution in [0.5, 0.6) is 0 Å². The zero-order valence-electron chi connectivity index (χ0n) is 8.64. The minimum atomic E-state index is -0.0727. The Labute approximate surface area is 76.5 Å². The average Bonchev–Trinajstić information content (AvgIpc) is 2.14. The molecule has 1 unspecified atom stereocenters. The van der Waals surface area contributed by atoms with Gasteiger partial charge < -0.3 is 5.11 Å². The van der Waals surface area contributed by atoms with Crippen molar-refractivity contribution < 1.29 is 5.11 Å². The van der Waals surface area contributed by atoms with Gasteiger partial charge >= 0.3 is 0 Å². The van der Waals surface area contributed by atoms with Crippen LogP contribution in [-0.4, -0.2) is 11.7 Å². The molecular formula is C11H22O. The van der Waals surface area contributed by atoms with Crippen LogP contribution in [0.25, 0.3) is 0 Å². The number of aliphatic hydroxyl groups excluding tert-OH is 1. The van der Waals surface area contributed by atoms with E-state index in [1.54, 1.807) is 0 Å². The molecule has 1 heteroatoms. The summed E-state index contributed by atoms with van der Waals surface area (Å²) in [6, 6.07) is 0. The Balaban J connectivity index is 4.08. The van der Waals surface area contributed by atoms with Crippen LogP contribution in [0.15, 0.2) is 12.7 Å². The highest BCUT2D eigenvalue weighted by atomic mass is 16.3. The van der Waals surface area contributed by atoms with E-state index >= 15 is 0 Å². The minimum absolute atomic E-state index is 0.0727. The third-order valence-corrected chi connectivity index (χ3v) is 2.76. The maximum Gasteiger partial charge on any atom is 0.0519 e. The van der Waals surface area contributed by atoms with Gasteiger partial charge in [0.15, 0.2) is 0 Å². The lowest BCUT2D eigenvalue weighted by Crippen LogP contribution is -2.21. The predicted molar refractivity (Wildman–Crippen MR) is 54.1 cm³/mol. The monoisotopic (exact) mass is 170 g/mol. The molecule has 0 aliphatic heterocycles. The molecule has 0 amide bonds. The van der Waals surface area contributed by atoms with E-state index in [2.05, 4.69) is 27.4 Å². The number of aliphatic hydroxyl groups is 1. The van der Waals surface area contributed by atoms with E-state index in [-0.39, 0.29) is 12.0 Å². The van der Waals surface area contributed by atoms with Crippen LogP contribution in [0, 0.1) is 11.3 Å². The lowest BCUT2D eigenvalue weighted by atomic mass is 9.80. The zero-order chi connectivity index (χ0) is 9.61. The first-order chi connectivity index (χ1) is 5.61. The number of hydrogen-bond donors (Lipinski definition) is 1. The molecule has 0 bridgehead atoms. The van der Waals surface area contributed by atoms with Crippen LogP contribution in [0.3, 0.4) is 0 Å². The van der Waals surface area contributed by atoms with Gasteiger partial charge in [0.25, 0.3) is 0 Å². The molecule has 0 radical (unpaired) electrons. The number of rotatable bonds is 6. The third-order valence-electron chi connectivity index (χ3n) is 2.76. The van der Waals surface area contributed by atoms with Gasteiger partial charge in [-0.25, -0.2) is 0 Å². The Morgan fingerprint density at radius 2 is 1.92 bits per heavy atom. The van der Waals surface area contributed by atoms with Gasteiger partial charge in [-0.2, -0.15) is 0 Å².